The molecule has 0 N–H and O–H groups in total. The van der Waals surface area contributed by atoms with Gasteiger partial charge in [-0.2, -0.15) is 0 Å². The van der Waals surface area contributed by atoms with E-state index in [-0.39, 0.29) is 11.8 Å². The fourth-order valence-electron chi connectivity index (χ4n) is 4.04. The van der Waals surface area contributed by atoms with Crippen molar-refractivity contribution >= 4 is 17.2 Å². The SMILES string of the molecule is CN1c2ccccc2C(C2CCCC2=O)c2ccccc21. The topological polar surface area (TPSA) is 20.3 Å². The van der Waals surface area contributed by atoms with Crippen LogP contribution in [0, 0.1) is 5.92 Å². The average molecular weight is 277 g/mol. The maximum atomic E-state index is 12.4. The highest BCUT2D eigenvalue weighted by Gasteiger charge is 2.39. The van der Waals surface area contributed by atoms with Gasteiger partial charge in [-0.3, -0.25) is 4.79 Å². The Hall–Kier alpha value is -2.09. The third-order valence-electron chi connectivity index (χ3n) is 5.02. The second-order valence-corrected chi connectivity index (χ2v) is 6.12. The Labute approximate surface area is 125 Å². The number of nitrogens with zero attached hydrogens (tertiary/aromatic N) is 1. The van der Waals surface area contributed by atoms with Crippen LogP contribution in [0.15, 0.2) is 48.5 Å². The Balaban J connectivity index is 1.94. The zero-order chi connectivity index (χ0) is 14.4. The number of anilines is 2. The molecule has 0 bridgehead atoms. The molecule has 0 saturated heterocycles. The second-order valence-electron chi connectivity index (χ2n) is 6.12. The van der Waals surface area contributed by atoms with E-state index >= 15 is 0 Å². The van der Waals surface area contributed by atoms with Gasteiger partial charge in [-0.25, -0.2) is 0 Å². The summed E-state index contributed by atoms with van der Waals surface area (Å²) < 4.78 is 0. The van der Waals surface area contributed by atoms with E-state index in [0.717, 1.165) is 19.3 Å². The van der Waals surface area contributed by atoms with Crippen LogP contribution in [0.5, 0.6) is 0 Å². The van der Waals surface area contributed by atoms with Gasteiger partial charge in [-0.1, -0.05) is 36.4 Å². The number of para-hydroxylation sites is 2. The first kappa shape index (κ1) is 12.6. The normalized spacial score (nSPS) is 21.3. The highest BCUT2D eigenvalue weighted by atomic mass is 16.1. The molecule has 2 nitrogen and oxygen atoms in total. The van der Waals surface area contributed by atoms with Gasteiger partial charge in [0.15, 0.2) is 0 Å². The van der Waals surface area contributed by atoms with Gasteiger partial charge in [0.25, 0.3) is 0 Å². The van der Waals surface area contributed by atoms with Gasteiger partial charge in [-0.05, 0) is 36.1 Å². The van der Waals surface area contributed by atoms with E-state index in [1.807, 2.05) is 0 Å². The van der Waals surface area contributed by atoms with Gasteiger partial charge in [0, 0.05) is 36.7 Å². The number of carbonyl (C=O) groups is 1. The molecule has 0 spiro atoms. The fraction of sp³-hybridized carbons (Fsp3) is 0.316. The molecule has 1 unspecified atom stereocenters. The molecule has 1 aliphatic carbocycles. The van der Waals surface area contributed by atoms with Gasteiger partial charge in [0.1, 0.15) is 5.78 Å². The van der Waals surface area contributed by atoms with E-state index < -0.39 is 0 Å². The monoisotopic (exact) mass is 277 g/mol. The smallest absolute Gasteiger partial charge is 0.136 e. The summed E-state index contributed by atoms with van der Waals surface area (Å²) in [6, 6.07) is 17.1. The largest absolute Gasteiger partial charge is 0.344 e. The van der Waals surface area contributed by atoms with Crippen molar-refractivity contribution in [2.45, 2.75) is 25.2 Å². The number of carbonyl (C=O) groups excluding carboxylic acids is 1. The molecular weight excluding hydrogens is 258 g/mol. The Kier molecular flexibility index (Phi) is 2.85. The van der Waals surface area contributed by atoms with Crippen LogP contribution in [0.2, 0.25) is 0 Å². The minimum atomic E-state index is 0.154. The lowest BCUT2D eigenvalue weighted by Crippen LogP contribution is -2.27. The predicted molar refractivity (Wildman–Crippen MR) is 85.1 cm³/mol. The Morgan fingerprint density at radius 3 is 2.05 bits per heavy atom. The lowest BCUT2D eigenvalue weighted by Gasteiger charge is -2.37. The molecule has 1 fully saturated rings. The van der Waals surface area contributed by atoms with Gasteiger partial charge in [0.2, 0.25) is 0 Å². The maximum Gasteiger partial charge on any atom is 0.136 e. The molecule has 1 saturated carbocycles. The van der Waals surface area contributed by atoms with E-state index in [4.69, 9.17) is 0 Å². The summed E-state index contributed by atoms with van der Waals surface area (Å²) in [4.78, 5) is 14.6. The summed E-state index contributed by atoms with van der Waals surface area (Å²) in [5, 5.41) is 0. The van der Waals surface area contributed by atoms with E-state index in [2.05, 4.69) is 60.5 Å². The molecule has 0 radical (unpaired) electrons. The highest BCUT2D eigenvalue weighted by molar-refractivity contribution is 5.87. The molecule has 21 heavy (non-hydrogen) atoms. The third kappa shape index (κ3) is 1.82. The molecule has 2 aromatic carbocycles. The molecule has 2 aromatic rings. The molecule has 1 heterocycles. The Morgan fingerprint density at radius 1 is 0.952 bits per heavy atom. The van der Waals surface area contributed by atoms with Gasteiger partial charge in [0.05, 0.1) is 0 Å². The van der Waals surface area contributed by atoms with Crippen molar-refractivity contribution in [1.82, 2.24) is 0 Å². The zero-order valence-electron chi connectivity index (χ0n) is 12.3. The van der Waals surface area contributed by atoms with Gasteiger partial charge < -0.3 is 4.90 Å². The van der Waals surface area contributed by atoms with Gasteiger partial charge >= 0.3 is 0 Å². The minimum Gasteiger partial charge on any atom is -0.344 e. The Bertz CT molecular complexity index is 659. The minimum absolute atomic E-state index is 0.154. The summed E-state index contributed by atoms with van der Waals surface area (Å²) in [5.74, 6) is 0.818. The maximum absolute atomic E-state index is 12.4. The van der Waals surface area contributed by atoms with E-state index in [9.17, 15) is 4.79 Å². The quantitative estimate of drug-likeness (QED) is 0.776. The van der Waals surface area contributed by atoms with E-state index in [0.29, 0.717) is 5.78 Å². The van der Waals surface area contributed by atoms with Crippen molar-refractivity contribution in [2.24, 2.45) is 5.92 Å². The van der Waals surface area contributed by atoms with Crippen LogP contribution in [0.4, 0.5) is 11.4 Å². The lowest BCUT2D eigenvalue weighted by atomic mass is 9.76. The van der Waals surface area contributed by atoms with Crippen LogP contribution in [-0.2, 0) is 4.79 Å². The summed E-state index contributed by atoms with van der Waals surface area (Å²) in [6.45, 7) is 0. The van der Waals surface area contributed by atoms with Crippen molar-refractivity contribution in [3.8, 4) is 0 Å². The molecule has 106 valence electrons. The fourth-order valence-corrected chi connectivity index (χ4v) is 4.04. The molecule has 2 aliphatic rings. The van der Waals surface area contributed by atoms with Crippen LogP contribution in [0.1, 0.15) is 36.3 Å². The van der Waals surface area contributed by atoms with Crippen molar-refractivity contribution in [3.05, 3.63) is 59.7 Å². The lowest BCUT2D eigenvalue weighted by molar-refractivity contribution is -0.121. The first-order chi connectivity index (χ1) is 10.3. The predicted octanol–water partition coefficient (Wildman–Crippen LogP) is 4.27. The number of ketones is 1. The molecule has 1 aliphatic heterocycles. The zero-order valence-corrected chi connectivity index (χ0v) is 12.3. The summed E-state index contributed by atoms with van der Waals surface area (Å²) >= 11 is 0. The number of rotatable bonds is 1. The molecule has 0 aromatic heterocycles. The average Bonchev–Trinajstić information content (AvgIpc) is 2.94. The standard InChI is InChI=1S/C19H19NO/c1-20-16-10-4-2-7-13(16)19(15-9-6-12-18(15)21)14-8-3-5-11-17(14)20/h2-5,7-8,10-11,15,19H,6,9,12H2,1H3. The van der Waals surface area contributed by atoms with Gasteiger partial charge in [-0.15, -0.1) is 0 Å². The van der Waals surface area contributed by atoms with Crippen molar-refractivity contribution in [2.75, 3.05) is 11.9 Å². The summed E-state index contributed by atoms with van der Waals surface area (Å²) in [6.07, 6.45) is 2.82. The first-order valence-electron chi connectivity index (χ1n) is 7.71. The molecule has 1 atom stereocenters. The highest BCUT2D eigenvalue weighted by Crippen LogP contribution is 2.50. The van der Waals surface area contributed by atoms with E-state index in [1.165, 1.54) is 22.5 Å². The number of Topliss-reactive ketones (excluding diaryl/α,β-unsaturated/α-hetero) is 1. The molecular formula is C19H19NO. The molecule has 0 amide bonds. The summed E-state index contributed by atoms with van der Waals surface area (Å²) in [5.41, 5.74) is 5.08. The number of hydrogen-bond donors (Lipinski definition) is 0. The molecule has 2 heteroatoms. The first-order valence-corrected chi connectivity index (χ1v) is 7.71. The van der Waals surface area contributed by atoms with Crippen LogP contribution in [-0.4, -0.2) is 12.8 Å². The Morgan fingerprint density at radius 2 is 1.52 bits per heavy atom. The molecule has 4 rings (SSSR count). The van der Waals surface area contributed by atoms with E-state index in [1.54, 1.807) is 0 Å². The van der Waals surface area contributed by atoms with Crippen LogP contribution in [0.25, 0.3) is 0 Å². The van der Waals surface area contributed by atoms with Crippen molar-refractivity contribution in [1.29, 1.82) is 0 Å². The van der Waals surface area contributed by atoms with Crippen LogP contribution in [0.3, 0.4) is 0 Å². The summed E-state index contributed by atoms with van der Waals surface area (Å²) in [7, 11) is 2.12. The van der Waals surface area contributed by atoms with Crippen molar-refractivity contribution in [3.63, 3.8) is 0 Å². The van der Waals surface area contributed by atoms with Crippen LogP contribution < -0.4 is 4.90 Å². The third-order valence-corrected chi connectivity index (χ3v) is 5.02. The number of hydrogen-bond acceptors (Lipinski definition) is 2. The number of benzene rings is 2. The van der Waals surface area contributed by atoms with Crippen molar-refractivity contribution < 1.29 is 4.79 Å². The second kappa shape index (κ2) is 4.73. The van der Waals surface area contributed by atoms with Crippen LogP contribution >= 0.6 is 0 Å². The number of fused-ring (bicyclic) bond motifs is 2.